The number of nitrogens with zero attached hydrogens (tertiary/aromatic N) is 2. The minimum absolute atomic E-state index is 0.133. The Hall–Kier alpha value is -7.98. The minimum Gasteiger partial charge on any atom is -0.310 e. The first-order chi connectivity index (χ1) is 33.0. The summed E-state index contributed by atoms with van der Waals surface area (Å²) in [5.41, 5.74) is 21.9. The van der Waals surface area contributed by atoms with E-state index >= 15 is 0 Å². The molecule has 14 rings (SSSR count). The Kier molecular flexibility index (Phi) is 8.15. The number of anilines is 6. The van der Waals surface area contributed by atoms with Crippen molar-refractivity contribution in [3.8, 4) is 33.4 Å². The highest BCUT2D eigenvalue weighted by atomic mass is 32.1. The largest absolute Gasteiger partial charge is 0.310 e. The van der Waals surface area contributed by atoms with Gasteiger partial charge in [0.2, 0.25) is 0 Å². The topological polar surface area (TPSA) is 6.48 Å². The molecule has 0 fully saturated rings. The fourth-order valence-corrected chi connectivity index (χ4v) is 13.3. The van der Waals surface area contributed by atoms with Crippen LogP contribution in [0, 0.1) is 0 Å². The van der Waals surface area contributed by atoms with E-state index in [1.165, 1.54) is 92.6 Å². The van der Waals surface area contributed by atoms with Gasteiger partial charge in [-0.2, -0.15) is 0 Å². The van der Waals surface area contributed by atoms with Crippen molar-refractivity contribution in [2.75, 3.05) is 9.80 Å². The summed E-state index contributed by atoms with van der Waals surface area (Å²) in [6.07, 6.45) is 0. The van der Waals surface area contributed by atoms with Crippen LogP contribution in [0.3, 0.4) is 0 Å². The number of fused-ring (bicyclic) bond motifs is 16. The Bertz CT molecular complexity index is 3810. The Labute approximate surface area is 395 Å². The summed E-state index contributed by atoms with van der Waals surface area (Å²) in [5, 5.41) is 2.59. The molecule has 0 bridgehead atoms. The fourth-order valence-electron chi connectivity index (χ4n) is 12.2. The average molecular weight is 873 g/mol. The number of para-hydroxylation sites is 2. The molecule has 1 atom stereocenters. The molecule has 0 N–H and O–H groups in total. The molecule has 0 saturated heterocycles. The molecular formula is C64H44N2S. The molecule has 1 unspecified atom stereocenters. The van der Waals surface area contributed by atoms with Crippen LogP contribution in [0.15, 0.2) is 231 Å². The zero-order chi connectivity index (χ0) is 44.4. The summed E-state index contributed by atoms with van der Waals surface area (Å²) in [6.45, 7) is 4.75. The lowest BCUT2D eigenvalue weighted by atomic mass is 9.70. The minimum atomic E-state index is -0.566. The maximum absolute atomic E-state index is 2.51. The Morgan fingerprint density at radius 1 is 0.313 bits per heavy atom. The maximum Gasteiger partial charge on any atom is 0.0727 e. The van der Waals surface area contributed by atoms with Crippen LogP contribution in [0.25, 0.3) is 53.6 Å². The molecule has 3 heteroatoms. The molecule has 1 aromatic heterocycles. The number of hydrogen-bond donors (Lipinski definition) is 0. The SMILES string of the molecule is CC1(C)c2ccccc2-c2ccc(N(c3ccccc3)c3cccc4c3-c3ccccc3C43c4ccccc4-c4ccc(N(c5ccccc5)c5ccc6sc7ccccc7c6c5)cc43)cc21. The van der Waals surface area contributed by atoms with Crippen LogP contribution >= 0.6 is 11.3 Å². The zero-order valence-corrected chi connectivity index (χ0v) is 38.1. The van der Waals surface area contributed by atoms with Crippen LogP contribution in [-0.4, -0.2) is 0 Å². The van der Waals surface area contributed by atoms with Crippen LogP contribution < -0.4 is 9.80 Å². The molecule has 0 saturated carbocycles. The standard InChI is InChI=1S/C64H44N2S/c1-63(2)53-26-13-9-22-46(53)48-35-33-45(39-57(48)63)66(42-20-7-4-8-21-42)59-30-17-29-56-62(59)51-25-11-15-28-55(51)64(56)54-27-14-10-23-47(54)49-36-32-44(40-58(49)64)65(41-18-5-3-6-19-41)43-34-37-61-52(38-43)50-24-12-16-31-60(50)67-61/h3-40H,1-2H3. The van der Waals surface area contributed by atoms with Gasteiger partial charge in [-0.3, -0.25) is 0 Å². The second-order valence-electron chi connectivity index (χ2n) is 18.8. The Balaban J connectivity index is 1.01. The summed E-state index contributed by atoms with van der Waals surface area (Å²) in [6, 6.07) is 86.3. The van der Waals surface area contributed by atoms with Crippen molar-refractivity contribution in [3.63, 3.8) is 0 Å². The lowest BCUT2D eigenvalue weighted by molar-refractivity contribution is 0.660. The van der Waals surface area contributed by atoms with Gasteiger partial charge in [0.1, 0.15) is 0 Å². The van der Waals surface area contributed by atoms with Gasteiger partial charge in [-0.1, -0.05) is 166 Å². The summed E-state index contributed by atoms with van der Waals surface area (Å²) in [5.74, 6) is 0. The van der Waals surface area contributed by atoms with E-state index in [-0.39, 0.29) is 5.41 Å². The quantitative estimate of drug-likeness (QED) is 0.164. The molecule has 316 valence electrons. The van der Waals surface area contributed by atoms with Gasteiger partial charge in [0.05, 0.1) is 11.1 Å². The molecule has 0 amide bonds. The van der Waals surface area contributed by atoms with Gasteiger partial charge < -0.3 is 9.80 Å². The molecule has 3 aliphatic carbocycles. The molecule has 10 aromatic carbocycles. The molecule has 11 aromatic rings. The van der Waals surface area contributed by atoms with E-state index in [0.717, 1.165) is 28.4 Å². The van der Waals surface area contributed by atoms with Gasteiger partial charge in [0.25, 0.3) is 0 Å². The van der Waals surface area contributed by atoms with E-state index in [4.69, 9.17) is 0 Å². The lowest BCUT2D eigenvalue weighted by Gasteiger charge is -2.33. The predicted molar refractivity (Wildman–Crippen MR) is 283 cm³/mol. The zero-order valence-electron chi connectivity index (χ0n) is 37.2. The molecule has 0 aliphatic heterocycles. The van der Waals surface area contributed by atoms with Gasteiger partial charge in [-0.25, -0.2) is 0 Å². The molecule has 1 heterocycles. The third kappa shape index (κ3) is 5.32. The van der Waals surface area contributed by atoms with E-state index in [0.29, 0.717) is 0 Å². The van der Waals surface area contributed by atoms with Crippen molar-refractivity contribution in [2.45, 2.75) is 24.7 Å². The fraction of sp³-hybridized carbons (Fsp3) is 0.0625. The summed E-state index contributed by atoms with van der Waals surface area (Å²) in [4.78, 5) is 4.96. The molecule has 67 heavy (non-hydrogen) atoms. The smallest absolute Gasteiger partial charge is 0.0727 e. The van der Waals surface area contributed by atoms with Crippen molar-refractivity contribution < 1.29 is 0 Å². The molecular weight excluding hydrogens is 829 g/mol. The van der Waals surface area contributed by atoms with Crippen LogP contribution in [0.4, 0.5) is 34.1 Å². The second-order valence-corrected chi connectivity index (χ2v) is 19.9. The maximum atomic E-state index is 2.51. The van der Waals surface area contributed by atoms with Crippen LogP contribution in [0.2, 0.25) is 0 Å². The third-order valence-corrected chi connectivity index (χ3v) is 16.2. The van der Waals surface area contributed by atoms with E-state index in [1.807, 2.05) is 11.3 Å². The highest BCUT2D eigenvalue weighted by Gasteiger charge is 2.53. The van der Waals surface area contributed by atoms with Crippen LogP contribution in [-0.2, 0) is 10.8 Å². The van der Waals surface area contributed by atoms with E-state index in [1.54, 1.807) is 0 Å². The van der Waals surface area contributed by atoms with Crippen LogP contribution in [0.1, 0.15) is 47.2 Å². The first-order valence-corrected chi connectivity index (χ1v) is 24.2. The predicted octanol–water partition coefficient (Wildman–Crippen LogP) is 17.6. The van der Waals surface area contributed by atoms with Gasteiger partial charge in [0.15, 0.2) is 0 Å². The highest BCUT2D eigenvalue weighted by Crippen LogP contribution is 2.65. The molecule has 1 spiro atoms. The van der Waals surface area contributed by atoms with E-state index in [2.05, 4.69) is 254 Å². The number of thiophene rings is 1. The average Bonchev–Trinajstić information content (AvgIpc) is 4.07. The van der Waals surface area contributed by atoms with Gasteiger partial charge in [0, 0.05) is 59.6 Å². The normalized spacial score (nSPS) is 15.5. The van der Waals surface area contributed by atoms with E-state index in [9.17, 15) is 0 Å². The first-order valence-electron chi connectivity index (χ1n) is 23.3. The van der Waals surface area contributed by atoms with Crippen molar-refractivity contribution in [1.82, 2.24) is 0 Å². The van der Waals surface area contributed by atoms with Gasteiger partial charge in [-0.15, -0.1) is 11.3 Å². The van der Waals surface area contributed by atoms with Crippen molar-refractivity contribution in [3.05, 3.63) is 264 Å². The monoisotopic (exact) mass is 872 g/mol. The number of rotatable bonds is 6. The Morgan fingerprint density at radius 3 is 1.55 bits per heavy atom. The van der Waals surface area contributed by atoms with Crippen molar-refractivity contribution in [1.29, 1.82) is 0 Å². The summed E-state index contributed by atoms with van der Waals surface area (Å²) < 4.78 is 2.61. The summed E-state index contributed by atoms with van der Waals surface area (Å²) >= 11 is 1.86. The second kappa shape index (κ2) is 14.3. The highest BCUT2D eigenvalue weighted by molar-refractivity contribution is 7.25. The Morgan fingerprint density at radius 2 is 0.806 bits per heavy atom. The summed E-state index contributed by atoms with van der Waals surface area (Å²) in [7, 11) is 0. The molecule has 3 aliphatic rings. The lowest BCUT2D eigenvalue weighted by Crippen LogP contribution is -2.26. The van der Waals surface area contributed by atoms with Gasteiger partial charge in [-0.05, 0) is 140 Å². The van der Waals surface area contributed by atoms with Crippen molar-refractivity contribution in [2.24, 2.45) is 0 Å². The van der Waals surface area contributed by atoms with Gasteiger partial charge >= 0.3 is 0 Å². The van der Waals surface area contributed by atoms with Crippen LogP contribution in [0.5, 0.6) is 0 Å². The number of hydrogen-bond acceptors (Lipinski definition) is 3. The molecule has 2 nitrogen and oxygen atoms in total. The van der Waals surface area contributed by atoms with E-state index < -0.39 is 5.41 Å². The molecule has 0 radical (unpaired) electrons. The number of benzene rings is 10. The third-order valence-electron chi connectivity index (χ3n) is 15.0. The first kappa shape index (κ1) is 38.3. The van der Waals surface area contributed by atoms with Crippen molar-refractivity contribution >= 4 is 65.6 Å².